The quantitative estimate of drug-likeness (QED) is 0.201. The molecule has 0 aromatic carbocycles. The number of carbonyl (C=O) groups is 2. The molecule has 0 aromatic rings. The zero-order valence-electron chi connectivity index (χ0n) is 7.53. The summed E-state index contributed by atoms with van der Waals surface area (Å²) in [6, 6.07) is 1.49. The largest absolute Gasteiger partial charge is 1.00 e. The van der Waals surface area contributed by atoms with E-state index in [0.717, 1.165) is 0 Å². The number of hydrogen-bond acceptors (Lipinski definition) is 4. The van der Waals surface area contributed by atoms with Crippen LogP contribution in [0.15, 0.2) is 0 Å². The van der Waals surface area contributed by atoms with E-state index in [9.17, 15) is 9.59 Å². The SMILES string of the molecule is CCOC(=O)C(C#N)C=O.[H-].[K+]. The molecule has 0 bridgehead atoms. The van der Waals surface area contributed by atoms with E-state index < -0.39 is 11.9 Å². The fourth-order valence-electron chi connectivity index (χ4n) is 0.371. The third-order valence-electron chi connectivity index (χ3n) is 0.816. The zero-order chi connectivity index (χ0) is 7.98. The first kappa shape index (κ1) is 13.8. The Morgan fingerprint density at radius 3 is 2.73 bits per heavy atom. The van der Waals surface area contributed by atoms with Gasteiger partial charge >= 0.3 is 57.4 Å². The van der Waals surface area contributed by atoms with Gasteiger partial charge in [0.2, 0.25) is 0 Å². The molecule has 0 rings (SSSR count). The summed E-state index contributed by atoms with van der Waals surface area (Å²) in [4.78, 5) is 20.5. The van der Waals surface area contributed by atoms with E-state index in [0.29, 0.717) is 0 Å². The van der Waals surface area contributed by atoms with E-state index in [1.807, 2.05) is 0 Å². The second-order valence-corrected chi connectivity index (χ2v) is 1.49. The van der Waals surface area contributed by atoms with Crippen molar-refractivity contribution >= 4 is 12.3 Å². The Morgan fingerprint density at radius 2 is 2.45 bits per heavy atom. The molecule has 0 spiro atoms. The van der Waals surface area contributed by atoms with Crippen LogP contribution < -0.4 is 51.4 Å². The molecule has 0 aromatic heterocycles. The van der Waals surface area contributed by atoms with E-state index in [4.69, 9.17) is 5.26 Å². The number of nitrogens with zero attached hydrogens (tertiary/aromatic N) is 1. The van der Waals surface area contributed by atoms with Gasteiger partial charge in [0.1, 0.15) is 6.29 Å². The zero-order valence-corrected chi connectivity index (χ0v) is 9.66. The summed E-state index contributed by atoms with van der Waals surface area (Å²) in [6.45, 7) is 1.79. The Morgan fingerprint density at radius 1 is 1.91 bits per heavy atom. The van der Waals surface area contributed by atoms with Crippen molar-refractivity contribution in [1.29, 1.82) is 5.26 Å². The van der Waals surface area contributed by atoms with Crippen LogP contribution in [0, 0.1) is 17.2 Å². The van der Waals surface area contributed by atoms with Crippen molar-refractivity contribution in [1.82, 2.24) is 0 Å². The maximum atomic E-state index is 10.5. The van der Waals surface area contributed by atoms with Gasteiger partial charge in [-0.25, -0.2) is 0 Å². The topological polar surface area (TPSA) is 67.2 Å². The molecule has 56 valence electrons. The van der Waals surface area contributed by atoms with Crippen LogP contribution in [0.4, 0.5) is 0 Å². The minimum atomic E-state index is -1.26. The first-order valence-electron chi connectivity index (χ1n) is 2.77. The Hall–Kier alpha value is 0.266. The van der Waals surface area contributed by atoms with Gasteiger partial charge in [-0.2, -0.15) is 5.26 Å². The number of carbonyl (C=O) groups excluding carboxylic acids is 2. The van der Waals surface area contributed by atoms with Gasteiger partial charge in [0.15, 0.2) is 5.92 Å². The van der Waals surface area contributed by atoms with Crippen molar-refractivity contribution < 1.29 is 67.1 Å². The average molecular weight is 181 g/mol. The summed E-state index contributed by atoms with van der Waals surface area (Å²) >= 11 is 0. The molecule has 0 heterocycles. The van der Waals surface area contributed by atoms with Crippen LogP contribution in [0.1, 0.15) is 8.35 Å². The first-order chi connectivity index (χ1) is 4.76. The van der Waals surface area contributed by atoms with Gasteiger partial charge in [-0.3, -0.25) is 4.79 Å². The molecule has 4 nitrogen and oxygen atoms in total. The molecular weight excluding hydrogens is 173 g/mol. The third kappa shape index (κ3) is 5.53. The van der Waals surface area contributed by atoms with Crippen LogP contribution >= 0.6 is 0 Å². The van der Waals surface area contributed by atoms with Crippen LogP contribution in [-0.4, -0.2) is 18.9 Å². The summed E-state index contributed by atoms with van der Waals surface area (Å²) in [5, 5.41) is 8.14. The number of ether oxygens (including phenoxy) is 1. The van der Waals surface area contributed by atoms with Crippen LogP contribution in [0.3, 0.4) is 0 Å². The Kier molecular flexibility index (Phi) is 10.5. The molecule has 0 aliphatic rings. The van der Waals surface area contributed by atoms with Gasteiger partial charge in [-0.15, -0.1) is 0 Å². The summed E-state index contributed by atoms with van der Waals surface area (Å²) in [7, 11) is 0. The van der Waals surface area contributed by atoms with Crippen molar-refractivity contribution in [3.05, 3.63) is 0 Å². The molecule has 0 radical (unpaired) electrons. The van der Waals surface area contributed by atoms with E-state index in [-0.39, 0.29) is 65.7 Å². The normalized spacial score (nSPS) is 10.2. The molecule has 0 saturated heterocycles. The van der Waals surface area contributed by atoms with Crippen molar-refractivity contribution in [2.75, 3.05) is 6.61 Å². The van der Waals surface area contributed by atoms with Crippen molar-refractivity contribution in [3.63, 3.8) is 0 Å². The van der Waals surface area contributed by atoms with Gasteiger partial charge in [0.05, 0.1) is 12.7 Å². The Bertz CT molecular complexity index is 180. The smallest absolute Gasteiger partial charge is 1.00 e. The van der Waals surface area contributed by atoms with Crippen LogP contribution in [-0.2, 0) is 14.3 Å². The maximum absolute atomic E-state index is 10.5. The molecule has 0 aliphatic heterocycles. The summed E-state index contributed by atoms with van der Waals surface area (Å²) < 4.78 is 4.39. The van der Waals surface area contributed by atoms with Crippen molar-refractivity contribution in [2.45, 2.75) is 6.92 Å². The van der Waals surface area contributed by atoms with Gasteiger partial charge in [-0.1, -0.05) is 0 Å². The third-order valence-corrected chi connectivity index (χ3v) is 0.816. The van der Waals surface area contributed by atoms with Crippen LogP contribution in [0.25, 0.3) is 0 Å². The number of aldehydes is 1. The Labute approximate surface area is 109 Å². The van der Waals surface area contributed by atoms with Gasteiger partial charge < -0.3 is 11.0 Å². The molecule has 0 aliphatic carbocycles. The molecule has 0 fully saturated rings. The van der Waals surface area contributed by atoms with Crippen molar-refractivity contribution in [2.24, 2.45) is 5.92 Å². The van der Waals surface area contributed by atoms with Crippen LogP contribution in [0.5, 0.6) is 0 Å². The van der Waals surface area contributed by atoms with Gasteiger partial charge in [0.25, 0.3) is 0 Å². The molecule has 5 heteroatoms. The fourth-order valence-corrected chi connectivity index (χ4v) is 0.371. The molecule has 0 amide bonds. The minimum Gasteiger partial charge on any atom is -1.00 e. The second-order valence-electron chi connectivity index (χ2n) is 1.49. The molecule has 0 N–H and O–H groups in total. The fraction of sp³-hybridized carbons (Fsp3) is 0.500. The minimum absolute atomic E-state index is 0. The molecule has 0 saturated carbocycles. The second kappa shape index (κ2) is 8.36. The molecule has 11 heavy (non-hydrogen) atoms. The summed E-state index contributed by atoms with van der Waals surface area (Å²) in [5.74, 6) is -2.04. The van der Waals surface area contributed by atoms with E-state index >= 15 is 0 Å². The monoisotopic (exact) mass is 181 g/mol. The summed E-state index contributed by atoms with van der Waals surface area (Å²) in [6.07, 6.45) is 0.262. The van der Waals surface area contributed by atoms with E-state index in [2.05, 4.69) is 4.74 Å². The van der Waals surface area contributed by atoms with E-state index in [1.165, 1.54) is 6.07 Å². The predicted molar refractivity (Wildman–Crippen MR) is 32.9 cm³/mol. The number of esters is 1. The molecule has 1 unspecified atom stereocenters. The number of rotatable bonds is 3. The number of hydrogen-bond donors (Lipinski definition) is 0. The Balaban J connectivity index is -0.000000405. The van der Waals surface area contributed by atoms with Gasteiger partial charge in [0, 0.05) is 0 Å². The number of nitriles is 1. The van der Waals surface area contributed by atoms with E-state index in [1.54, 1.807) is 6.92 Å². The molecular formula is C6H8KNO3. The average Bonchev–Trinajstić information content (AvgIpc) is 1.91. The maximum Gasteiger partial charge on any atom is 1.00 e. The first-order valence-corrected chi connectivity index (χ1v) is 2.77. The standard InChI is InChI=1S/C6H7NO3.K.H/c1-2-10-6(9)5(3-7)4-8;;/h4-5H,2H2,1H3;;/q;+1;-1. The summed E-state index contributed by atoms with van der Waals surface area (Å²) in [5.41, 5.74) is 0. The molecule has 1 atom stereocenters. The van der Waals surface area contributed by atoms with Gasteiger partial charge in [-0.05, 0) is 6.92 Å². The predicted octanol–water partition coefficient (Wildman–Crippen LogP) is -3.00. The van der Waals surface area contributed by atoms with Crippen molar-refractivity contribution in [3.8, 4) is 6.07 Å². The van der Waals surface area contributed by atoms with Crippen LogP contribution in [0.2, 0.25) is 0 Å².